The fourth-order valence-electron chi connectivity index (χ4n) is 1.76. The molecule has 0 saturated heterocycles. The minimum absolute atomic E-state index is 0.607. The van der Waals surface area contributed by atoms with Crippen molar-refractivity contribution in [1.82, 2.24) is 10.2 Å². The quantitative estimate of drug-likeness (QED) is 0.581. The maximum Gasteiger partial charge on any atom is 0.0587 e. The molecule has 2 atom stereocenters. The van der Waals surface area contributed by atoms with Gasteiger partial charge in [0.2, 0.25) is 0 Å². The number of likely N-dealkylation sites (N-methyl/N-ethyl adjacent to an activating group) is 1. The lowest BCUT2D eigenvalue weighted by atomic mass is 10.1. The maximum atomic E-state index is 5.02. The highest BCUT2D eigenvalue weighted by molar-refractivity contribution is 4.70. The van der Waals surface area contributed by atoms with Gasteiger partial charge in [-0.2, -0.15) is 0 Å². The first-order chi connectivity index (χ1) is 7.65. The molecule has 16 heavy (non-hydrogen) atoms. The topological polar surface area (TPSA) is 24.5 Å². The first-order valence-electron chi connectivity index (χ1n) is 6.59. The average molecular weight is 230 g/mol. The summed E-state index contributed by atoms with van der Waals surface area (Å²) in [5.41, 5.74) is 0. The number of nitrogens with zero attached hydrogens (tertiary/aromatic N) is 1. The van der Waals surface area contributed by atoms with Crippen LogP contribution in [0.15, 0.2) is 0 Å². The fraction of sp³-hybridized carbons (Fsp3) is 1.00. The number of nitrogens with one attached hydrogen (secondary N) is 1. The molecule has 98 valence electrons. The molecule has 0 heterocycles. The molecule has 0 aliphatic rings. The van der Waals surface area contributed by atoms with Crippen molar-refractivity contribution in [2.75, 3.05) is 39.9 Å². The summed E-state index contributed by atoms with van der Waals surface area (Å²) < 4.78 is 5.02. The van der Waals surface area contributed by atoms with E-state index in [1.165, 1.54) is 13.0 Å². The van der Waals surface area contributed by atoms with Gasteiger partial charge in [0, 0.05) is 32.8 Å². The summed E-state index contributed by atoms with van der Waals surface area (Å²) in [6.07, 6.45) is 1.26. The number of hydrogen-bond donors (Lipinski definition) is 1. The van der Waals surface area contributed by atoms with Gasteiger partial charge in [-0.05, 0) is 19.4 Å². The molecule has 0 bridgehead atoms. The molecule has 0 aromatic carbocycles. The highest BCUT2D eigenvalue weighted by atomic mass is 16.5. The Hall–Kier alpha value is -0.120. The summed E-state index contributed by atoms with van der Waals surface area (Å²) in [4.78, 5) is 2.55. The molecule has 2 unspecified atom stereocenters. The van der Waals surface area contributed by atoms with Crippen LogP contribution in [0.25, 0.3) is 0 Å². The van der Waals surface area contributed by atoms with E-state index in [-0.39, 0.29) is 0 Å². The van der Waals surface area contributed by atoms with Crippen molar-refractivity contribution in [2.24, 2.45) is 5.92 Å². The van der Waals surface area contributed by atoms with Gasteiger partial charge < -0.3 is 10.1 Å². The predicted molar refractivity (Wildman–Crippen MR) is 70.9 cm³/mol. The van der Waals surface area contributed by atoms with Gasteiger partial charge in [-0.15, -0.1) is 0 Å². The van der Waals surface area contributed by atoms with Crippen LogP contribution in [0.1, 0.15) is 34.1 Å². The number of hydrogen-bond acceptors (Lipinski definition) is 3. The Labute approximate surface area is 102 Å². The molecule has 0 radical (unpaired) electrons. The third-order valence-electron chi connectivity index (χ3n) is 3.20. The third-order valence-corrected chi connectivity index (χ3v) is 3.20. The van der Waals surface area contributed by atoms with Crippen LogP contribution >= 0.6 is 0 Å². The van der Waals surface area contributed by atoms with E-state index in [1.54, 1.807) is 7.11 Å². The Bertz CT molecular complexity index is 153. The summed E-state index contributed by atoms with van der Waals surface area (Å²) in [7, 11) is 1.74. The van der Waals surface area contributed by atoms with Crippen molar-refractivity contribution >= 4 is 0 Å². The third kappa shape index (κ3) is 7.20. The largest absolute Gasteiger partial charge is 0.383 e. The minimum atomic E-state index is 0.607. The normalized spacial score (nSPS) is 15.4. The zero-order valence-electron chi connectivity index (χ0n) is 11.8. The van der Waals surface area contributed by atoms with Crippen LogP contribution in [-0.2, 0) is 4.74 Å². The summed E-state index contributed by atoms with van der Waals surface area (Å²) in [6.45, 7) is 14.3. The zero-order valence-corrected chi connectivity index (χ0v) is 11.8. The highest BCUT2D eigenvalue weighted by Gasteiger charge is 2.13. The van der Waals surface area contributed by atoms with Gasteiger partial charge in [0.1, 0.15) is 0 Å². The van der Waals surface area contributed by atoms with Gasteiger partial charge in [0.25, 0.3) is 0 Å². The lowest BCUT2D eigenvalue weighted by Gasteiger charge is -2.30. The molecule has 0 aliphatic heterocycles. The lowest BCUT2D eigenvalue weighted by molar-refractivity contribution is 0.173. The van der Waals surface area contributed by atoms with E-state index in [2.05, 4.69) is 37.9 Å². The maximum absolute atomic E-state index is 5.02. The molecular formula is C13H30N2O. The van der Waals surface area contributed by atoms with Gasteiger partial charge in [-0.25, -0.2) is 0 Å². The lowest BCUT2D eigenvalue weighted by Crippen LogP contribution is -2.42. The van der Waals surface area contributed by atoms with E-state index in [0.717, 1.165) is 32.2 Å². The standard InChI is InChI=1S/C13H30N2O/c1-6-12(3)11-15(7-2)13(4)10-14-8-9-16-5/h12-14H,6-11H2,1-5H3. The second-order valence-electron chi connectivity index (χ2n) is 4.65. The molecule has 0 fully saturated rings. The molecule has 0 rings (SSSR count). The molecule has 0 spiro atoms. The van der Waals surface area contributed by atoms with Crippen LogP contribution in [0.3, 0.4) is 0 Å². The molecule has 0 amide bonds. The van der Waals surface area contributed by atoms with E-state index in [1.807, 2.05) is 0 Å². The molecule has 0 aromatic rings. The second-order valence-corrected chi connectivity index (χ2v) is 4.65. The van der Waals surface area contributed by atoms with E-state index in [9.17, 15) is 0 Å². The van der Waals surface area contributed by atoms with E-state index in [4.69, 9.17) is 4.74 Å². The highest BCUT2D eigenvalue weighted by Crippen LogP contribution is 2.07. The number of rotatable bonds is 10. The minimum Gasteiger partial charge on any atom is -0.383 e. The first-order valence-corrected chi connectivity index (χ1v) is 6.59. The van der Waals surface area contributed by atoms with E-state index < -0.39 is 0 Å². The van der Waals surface area contributed by atoms with Crippen LogP contribution in [0.2, 0.25) is 0 Å². The Morgan fingerprint density at radius 2 is 1.94 bits per heavy atom. The second kappa shape index (κ2) is 10.1. The summed E-state index contributed by atoms with van der Waals surface area (Å²) in [5, 5.41) is 3.43. The molecule has 0 aromatic heterocycles. The average Bonchev–Trinajstić information content (AvgIpc) is 2.30. The van der Waals surface area contributed by atoms with Crippen molar-refractivity contribution in [1.29, 1.82) is 0 Å². The summed E-state index contributed by atoms with van der Waals surface area (Å²) >= 11 is 0. The Morgan fingerprint density at radius 1 is 1.25 bits per heavy atom. The van der Waals surface area contributed by atoms with Crippen LogP contribution < -0.4 is 5.32 Å². The molecule has 0 saturated carbocycles. The van der Waals surface area contributed by atoms with E-state index >= 15 is 0 Å². The molecule has 0 aliphatic carbocycles. The number of ether oxygens (including phenoxy) is 1. The Morgan fingerprint density at radius 3 is 2.44 bits per heavy atom. The van der Waals surface area contributed by atoms with Gasteiger partial charge >= 0.3 is 0 Å². The van der Waals surface area contributed by atoms with Crippen molar-refractivity contribution in [3.05, 3.63) is 0 Å². The van der Waals surface area contributed by atoms with Gasteiger partial charge in [-0.1, -0.05) is 27.2 Å². The van der Waals surface area contributed by atoms with Crippen molar-refractivity contribution in [3.8, 4) is 0 Å². The first kappa shape index (κ1) is 15.9. The Kier molecular flexibility index (Phi) is 9.99. The van der Waals surface area contributed by atoms with E-state index in [0.29, 0.717) is 6.04 Å². The van der Waals surface area contributed by atoms with Crippen molar-refractivity contribution in [2.45, 2.75) is 40.2 Å². The van der Waals surface area contributed by atoms with Crippen LogP contribution in [0.4, 0.5) is 0 Å². The summed E-state index contributed by atoms with van der Waals surface area (Å²) in [6, 6.07) is 0.607. The summed E-state index contributed by atoms with van der Waals surface area (Å²) in [5.74, 6) is 0.793. The monoisotopic (exact) mass is 230 g/mol. The van der Waals surface area contributed by atoms with Gasteiger partial charge in [-0.3, -0.25) is 4.90 Å². The molecular weight excluding hydrogens is 200 g/mol. The Balaban J connectivity index is 3.77. The zero-order chi connectivity index (χ0) is 12.4. The van der Waals surface area contributed by atoms with Gasteiger partial charge in [0.15, 0.2) is 0 Å². The van der Waals surface area contributed by atoms with Gasteiger partial charge in [0.05, 0.1) is 6.61 Å². The fourth-order valence-corrected chi connectivity index (χ4v) is 1.76. The van der Waals surface area contributed by atoms with Crippen LogP contribution in [0, 0.1) is 5.92 Å². The SMILES string of the molecule is CCC(C)CN(CC)C(C)CNCCOC. The predicted octanol–water partition coefficient (Wildman–Crippen LogP) is 1.98. The van der Waals surface area contributed by atoms with Crippen molar-refractivity contribution < 1.29 is 4.74 Å². The van der Waals surface area contributed by atoms with Crippen LogP contribution in [-0.4, -0.2) is 50.8 Å². The molecule has 3 heteroatoms. The molecule has 3 nitrogen and oxygen atoms in total. The number of methoxy groups -OCH3 is 1. The van der Waals surface area contributed by atoms with Crippen LogP contribution in [0.5, 0.6) is 0 Å². The molecule has 1 N–H and O–H groups in total. The smallest absolute Gasteiger partial charge is 0.0587 e. The van der Waals surface area contributed by atoms with Crippen molar-refractivity contribution in [3.63, 3.8) is 0 Å².